The smallest absolute Gasteiger partial charge is 0.0704 e. The van der Waals surface area contributed by atoms with Gasteiger partial charge in [0.05, 0.1) is 6.10 Å². The van der Waals surface area contributed by atoms with Gasteiger partial charge in [-0.2, -0.15) is 0 Å². The summed E-state index contributed by atoms with van der Waals surface area (Å²) in [5, 5.41) is 12.2. The molecule has 0 saturated carbocycles. The highest BCUT2D eigenvalue weighted by atomic mass is 16.3. The van der Waals surface area contributed by atoms with Gasteiger partial charge in [0.2, 0.25) is 0 Å². The summed E-state index contributed by atoms with van der Waals surface area (Å²) in [6, 6.07) is 0. The van der Waals surface area contributed by atoms with Crippen LogP contribution in [0.1, 0.15) is 13.3 Å². The van der Waals surface area contributed by atoms with Gasteiger partial charge in [0, 0.05) is 13.1 Å². The van der Waals surface area contributed by atoms with E-state index >= 15 is 0 Å². The largest absolute Gasteiger partial charge is 0.391 e. The Balaban J connectivity index is 2.30. The van der Waals surface area contributed by atoms with Crippen molar-refractivity contribution in [3.05, 3.63) is 0 Å². The fraction of sp³-hybridized carbons (Fsp3) is 1.00. The van der Waals surface area contributed by atoms with Gasteiger partial charge < -0.3 is 10.4 Å². The fourth-order valence-corrected chi connectivity index (χ4v) is 1.14. The molecule has 2 atom stereocenters. The number of hydrogen-bond acceptors (Lipinski definition) is 2. The summed E-state index contributed by atoms with van der Waals surface area (Å²) in [5.41, 5.74) is 0. The maximum Gasteiger partial charge on any atom is 0.0704 e. The molecule has 0 aromatic rings. The number of aliphatic hydroxyl groups is 1. The molecule has 0 radical (unpaired) electrons. The lowest BCUT2D eigenvalue weighted by Gasteiger charge is -2.07. The first-order valence-electron chi connectivity index (χ1n) is 3.23. The molecule has 2 N–H and O–H groups in total. The monoisotopic (exact) mass is 115 g/mol. The normalized spacial score (nSPS) is 38.2. The molecule has 8 heavy (non-hydrogen) atoms. The van der Waals surface area contributed by atoms with Gasteiger partial charge in [-0.05, 0) is 12.3 Å². The highest BCUT2D eigenvalue weighted by Gasteiger charge is 2.22. The third-order valence-electron chi connectivity index (χ3n) is 1.83. The van der Waals surface area contributed by atoms with Gasteiger partial charge >= 0.3 is 0 Å². The molecule has 0 unspecified atom stereocenters. The quantitative estimate of drug-likeness (QED) is 0.503. The molecule has 0 bridgehead atoms. The van der Waals surface area contributed by atoms with E-state index in [0.717, 1.165) is 19.5 Å². The molecule has 2 heteroatoms. The second-order valence-electron chi connectivity index (χ2n) is 2.39. The van der Waals surface area contributed by atoms with E-state index in [-0.39, 0.29) is 6.10 Å². The standard InChI is InChI=1S/C6H13NO/c1-2-5-3-7-4-6(5)8/h5-8H,2-4H2,1H3/t5-,6-/m0/s1. The van der Waals surface area contributed by atoms with Gasteiger partial charge in [-0.15, -0.1) is 0 Å². The van der Waals surface area contributed by atoms with Gasteiger partial charge in [0.1, 0.15) is 0 Å². The Hall–Kier alpha value is -0.0800. The molecule has 1 aliphatic heterocycles. The van der Waals surface area contributed by atoms with Gasteiger partial charge in [-0.3, -0.25) is 0 Å². The lowest BCUT2D eigenvalue weighted by Crippen LogP contribution is -2.16. The van der Waals surface area contributed by atoms with Crippen LogP contribution in [0.4, 0.5) is 0 Å². The Morgan fingerprint density at radius 2 is 2.38 bits per heavy atom. The molecule has 1 heterocycles. The van der Waals surface area contributed by atoms with E-state index in [4.69, 9.17) is 5.11 Å². The van der Waals surface area contributed by atoms with E-state index in [1.165, 1.54) is 0 Å². The van der Waals surface area contributed by atoms with Crippen LogP contribution in [0.2, 0.25) is 0 Å². The Morgan fingerprint density at radius 3 is 2.62 bits per heavy atom. The van der Waals surface area contributed by atoms with E-state index in [9.17, 15) is 0 Å². The zero-order valence-corrected chi connectivity index (χ0v) is 5.22. The maximum absolute atomic E-state index is 9.13. The summed E-state index contributed by atoms with van der Waals surface area (Å²) in [6.45, 7) is 3.90. The van der Waals surface area contributed by atoms with Gasteiger partial charge in [0.25, 0.3) is 0 Å². The Bertz CT molecular complexity index is 74.9. The first kappa shape index (κ1) is 6.05. The first-order valence-corrected chi connectivity index (χ1v) is 3.23. The third-order valence-corrected chi connectivity index (χ3v) is 1.83. The SMILES string of the molecule is CC[C@H]1CNC[C@@H]1O. The van der Waals surface area contributed by atoms with Crippen LogP contribution < -0.4 is 5.32 Å². The van der Waals surface area contributed by atoms with Crippen molar-refractivity contribution in [2.24, 2.45) is 5.92 Å². The van der Waals surface area contributed by atoms with Gasteiger partial charge in [0.15, 0.2) is 0 Å². The molecule has 1 aliphatic rings. The van der Waals surface area contributed by atoms with Crippen LogP contribution in [0.25, 0.3) is 0 Å². The van der Waals surface area contributed by atoms with E-state index in [2.05, 4.69) is 12.2 Å². The van der Waals surface area contributed by atoms with E-state index in [1.807, 2.05) is 0 Å². The van der Waals surface area contributed by atoms with Crippen LogP contribution in [0, 0.1) is 5.92 Å². The van der Waals surface area contributed by atoms with Crippen molar-refractivity contribution in [1.29, 1.82) is 0 Å². The van der Waals surface area contributed by atoms with Crippen molar-refractivity contribution >= 4 is 0 Å². The van der Waals surface area contributed by atoms with Crippen molar-refractivity contribution in [3.63, 3.8) is 0 Å². The summed E-state index contributed by atoms with van der Waals surface area (Å²) in [4.78, 5) is 0. The second-order valence-corrected chi connectivity index (χ2v) is 2.39. The maximum atomic E-state index is 9.13. The molecule has 1 rings (SSSR count). The molecule has 0 aromatic carbocycles. The van der Waals surface area contributed by atoms with Crippen molar-refractivity contribution in [2.45, 2.75) is 19.4 Å². The summed E-state index contributed by atoms with van der Waals surface area (Å²) < 4.78 is 0. The predicted molar refractivity (Wildman–Crippen MR) is 32.7 cm³/mol. The van der Waals surface area contributed by atoms with Crippen LogP contribution in [-0.2, 0) is 0 Å². The lowest BCUT2D eigenvalue weighted by atomic mass is 10.0. The molecular formula is C6H13NO. The van der Waals surface area contributed by atoms with Crippen LogP contribution in [-0.4, -0.2) is 24.3 Å². The first-order chi connectivity index (χ1) is 3.84. The van der Waals surface area contributed by atoms with E-state index < -0.39 is 0 Å². The number of aliphatic hydroxyl groups excluding tert-OH is 1. The molecule has 0 spiro atoms. The minimum Gasteiger partial charge on any atom is -0.391 e. The van der Waals surface area contributed by atoms with Crippen molar-refractivity contribution in [3.8, 4) is 0 Å². The number of nitrogens with one attached hydrogen (secondary N) is 1. The van der Waals surface area contributed by atoms with Gasteiger partial charge in [-0.1, -0.05) is 6.92 Å². The highest BCUT2D eigenvalue weighted by molar-refractivity contribution is 4.78. The molecule has 48 valence electrons. The molecule has 0 aliphatic carbocycles. The minimum atomic E-state index is -0.0833. The molecule has 1 saturated heterocycles. The van der Waals surface area contributed by atoms with Crippen LogP contribution in [0.5, 0.6) is 0 Å². The number of hydrogen-bond donors (Lipinski definition) is 2. The minimum absolute atomic E-state index is 0.0833. The summed E-state index contributed by atoms with van der Waals surface area (Å²) >= 11 is 0. The second kappa shape index (κ2) is 2.46. The zero-order chi connectivity index (χ0) is 5.98. The number of rotatable bonds is 1. The van der Waals surface area contributed by atoms with Crippen molar-refractivity contribution < 1.29 is 5.11 Å². The van der Waals surface area contributed by atoms with Crippen LogP contribution in [0.15, 0.2) is 0 Å². The Labute approximate surface area is 49.9 Å². The Kier molecular flexibility index (Phi) is 1.86. The number of β-amino-alcohol motifs (C(OH)–C–C–N with tert-alkyl or cyclic N) is 1. The van der Waals surface area contributed by atoms with Crippen LogP contribution in [0.3, 0.4) is 0 Å². The molecule has 0 amide bonds. The molecule has 1 fully saturated rings. The van der Waals surface area contributed by atoms with E-state index in [0.29, 0.717) is 5.92 Å². The van der Waals surface area contributed by atoms with Gasteiger partial charge in [-0.25, -0.2) is 0 Å². The van der Waals surface area contributed by atoms with Crippen molar-refractivity contribution in [1.82, 2.24) is 5.32 Å². The summed E-state index contributed by atoms with van der Waals surface area (Å²) in [6.07, 6.45) is 1.01. The molecular weight excluding hydrogens is 102 g/mol. The molecule has 0 aromatic heterocycles. The molecule has 2 nitrogen and oxygen atoms in total. The zero-order valence-electron chi connectivity index (χ0n) is 5.22. The average molecular weight is 115 g/mol. The lowest BCUT2D eigenvalue weighted by molar-refractivity contribution is 0.145. The average Bonchev–Trinajstić information content (AvgIpc) is 2.14. The topological polar surface area (TPSA) is 32.3 Å². The highest BCUT2D eigenvalue weighted by Crippen LogP contribution is 2.11. The summed E-state index contributed by atoms with van der Waals surface area (Å²) in [5.74, 6) is 0.509. The van der Waals surface area contributed by atoms with Crippen molar-refractivity contribution in [2.75, 3.05) is 13.1 Å². The van der Waals surface area contributed by atoms with E-state index in [1.54, 1.807) is 0 Å². The van der Waals surface area contributed by atoms with Crippen LogP contribution >= 0.6 is 0 Å². The third kappa shape index (κ3) is 1.01. The Morgan fingerprint density at radius 1 is 1.62 bits per heavy atom. The fourth-order valence-electron chi connectivity index (χ4n) is 1.14. The predicted octanol–water partition coefficient (Wildman–Crippen LogP) is -0.0233. The summed E-state index contributed by atoms with van der Waals surface area (Å²) in [7, 11) is 0.